The Labute approximate surface area is 137 Å². The minimum Gasteiger partial charge on any atom is -0.481 e. The standard InChI is InChI=1S/C20H26O3/c1-19-9-7-13(21)11-12(19)3-4-14-15-5-6-17(18(22)23)20(15,2)10-8-16(14)19/h7,9,11,14-17H,3-6,8,10H2,1-2H3,(H,22,23)/t14-,15-,16-,17-,19-,20-/m0/s1. The Balaban J connectivity index is 1.68. The van der Waals surface area contributed by atoms with Crippen molar-refractivity contribution in [2.45, 2.75) is 52.4 Å². The maximum atomic E-state index is 11.7. The number of hydrogen-bond donors (Lipinski definition) is 1. The maximum absolute atomic E-state index is 11.7. The number of fused-ring (bicyclic) bond motifs is 5. The molecule has 124 valence electrons. The van der Waals surface area contributed by atoms with Crippen molar-refractivity contribution in [3.05, 3.63) is 23.8 Å². The van der Waals surface area contributed by atoms with Gasteiger partial charge in [-0.15, -0.1) is 0 Å². The fourth-order valence-electron chi connectivity index (χ4n) is 6.60. The van der Waals surface area contributed by atoms with E-state index in [1.807, 2.05) is 6.08 Å². The number of carboxylic acids is 1. The number of carboxylic acid groups (broad SMARTS) is 1. The second kappa shape index (κ2) is 4.81. The molecular weight excluding hydrogens is 288 g/mol. The van der Waals surface area contributed by atoms with E-state index in [9.17, 15) is 14.7 Å². The van der Waals surface area contributed by atoms with Crippen LogP contribution in [0.1, 0.15) is 52.4 Å². The summed E-state index contributed by atoms with van der Waals surface area (Å²) in [5, 5.41) is 9.62. The molecule has 3 heteroatoms. The second-order valence-electron chi connectivity index (χ2n) is 8.62. The van der Waals surface area contributed by atoms with Gasteiger partial charge in [0.2, 0.25) is 0 Å². The quantitative estimate of drug-likeness (QED) is 0.796. The molecule has 0 radical (unpaired) electrons. The third-order valence-electron chi connectivity index (χ3n) is 7.85. The van der Waals surface area contributed by atoms with Crippen LogP contribution >= 0.6 is 0 Å². The summed E-state index contributed by atoms with van der Waals surface area (Å²) in [6.45, 7) is 4.53. The average Bonchev–Trinajstić information content (AvgIpc) is 2.85. The minimum atomic E-state index is -0.598. The molecule has 23 heavy (non-hydrogen) atoms. The van der Waals surface area contributed by atoms with Gasteiger partial charge >= 0.3 is 5.97 Å². The molecule has 0 unspecified atom stereocenters. The molecule has 1 N–H and O–H groups in total. The number of rotatable bonds is 1. The summed E-state index contributed by atoms with van der Waals surface area (Å²) in [7, 11) is 0. The van der Waals surface area contributed by atoms with Crippen molar-refractivity contribution in [1.82, 2.24) is 0 Å². The molecular formula is C20H26O3. The first kappa shape index (κ1) is 15.2. The zero-order valence-corrected chi connectivity index (χ0v) is 14.0. The summed E-state index contributed by atoms with van der Waals surface area (Å²) in [5.41, 5.74) is 1.29. The molecule has 0 aromatic heterocycles. The molecule has 0 saturated heterocycles. The molecule has 4 aliphatic carbocycles. The molecule has 4 aliphatic rings. The van der Waals surface area contributed by atoms with E-state index in [2.05, 4.69) is 19.9 Å². The molecule has 0 aliphatic heterocycles. The van der Waals surface area contributed by atoms with Crippen LogP contribution in [0.5, 0.6) is 0 Å². The zero-order chi connectivity index (χ0) is 16.4. The Morgan fingerprint density at radius 3 is 2.70 bits per heavy atom. The summed E-state index contributed by atoms with van der Waals surface area (Å²) in [6.07, 6.45) is 11.9. The van der Waals surface area contributed by atoms with Crippen molar-refractivity contribution >= 4 is 11.8 Å². The van der Waals surface area contributed by atoms with Crippen molar-refractivity contribution in [1.29, 1.82) is 0 Å². The Kier molecular flexibility index (Phi) is 3.17. The van der Waals surface area contributed by atoms with E-state index in [0.29, 0.717) is 17.8 Å². The first-order chi connectivity index (χ1) is 10.9. The Bertz CT molecular complexity index is 631. The smallest absolute Gasteiger partial charge is 0.307 e. The lowest BCUT2D eigenvalue weighted by Gasteiger charge is -2.56. The van der Waals surface area contributed by atoms with Gasteiger partial charge in [0.15, 0.2) is 5.78 Å². The van der Waals surface area contributed by atoms with Crippen LogP contribution in [0.15, 0.2) is 23.8 Å². The van der Waals surface area contributed by atoms with E-state index in [0.717, 1.165) is 38.5 Å². The van der Waals surface area contributed by atoms with Gasteiger partial charge in [0.1, 0.15) is 0 Å². The summed E-state index contributed by atoms with van der Waals surface area (Å²) in [4.78, 5) is 23.4. The lowest BCUT2D eigenvalue weighted by atomic mass is 9.48. The second-order valence-corrected chi connectivity index (χ2v) is 8.62. The molecule has 3 nitrogen and oxygen atoms in total. The molecule has 3 saturated carbocycles. The minimum absolute atomic E-state index is 0.0134. The number of aliphatic carboxylic acids is 1. The van der Waals surface area contributed by atoms with E-state index in [1.54, 1.807) is 6.08 Å². The van der Waals surface area contributed by atoms with Gasteiger partial charge in [0.25, 0.3) is 0 Å². The van der Waals surface area contributed by atoms with Crippen molar-refractivity contribution in [2.75, 3.05) is 0 Å². The molecule has 6 atom stereocenters. The van der Waals surface area contributed by atoms with Crippen LogP contribution in [-0.2, 0) is 9.59 Å². The number of carbonyl (C=O) groups excluding carboxylic acids is 1. The van der Waals surface area contributed by atoms with E-state index in [1.165, 1.54) is 5.57 Å². The van der Waals surface area contributed by atoms with Crippen LogP contribution < -0.4 is 0 Å². The van der Waals surface area contributed by atoms with Crippen LogP contribution in [0.25, 0.3) is 0 Å². The van der Waals surface area contributed by atoms with Crippen molar-refractivity contribution in [3.63, 3.8) is 0 Å². The van der Waals surface area contributed by atoms with Gasteiger partial charge in [-0.1, -0.05) is 25.5 Å². The van der Waals surface area contributed by atoms with Gasteiger partial charge in [0.05, 0.1) is 5.92 Å². The van der Waals surface area contributed by atoms with Crippen LogP contribution in [-0.4, -0.2) is 16.9 Å². The zero-order valence-electron chi connectivity index (χ0n) is 14.0. The summed E-state index contributed by atoms with van der Waals surface area (Å²) in [6, 6.07) is 0. The summed E-state index contributed by atoms with van der Waals surface area (Å²) < 4.78 is 0. The van der Waals surface area contributed by atoms with Gasteiger partial charge in [0, 0.05) is 5.41 Å². The summed E-state index contributed by atoms with van der Waals surface area (Å²) in [5.74, 6) is 1.08. The Hall–Kier alpha value is -1.38. The number of hydrogen-bond acceptors (Lipinski definition) is 2. The van der Waals surface area contributed by atoms with Crippen LogP contribution in [0, 0.1) is 34.5 Å². The van der Waals surface area contributed by atoms with Gasteiger partial charge in [-0.3, -0.25) is 9.59 Å². The Morgan fingerprint density at radius 1 is 1.17 bits per heavy atom. The highest BCUT2D eigenvalue weighted by Crippen LogP contribution is 2.65. The van der Waals surface area contributed by atoms with E-state index < -0.39 is 5.97 Å². The normalized spacial score (nSPS) is 48.3. The monoisotopic (exact) mass is 314 g/mol. The Morgan fingerprint density at radius 2 is 1.96 bits per heavy atom. The van der Waals surface area contributed by atoms with Gasteiger partial charge < -0.3 is 5.11 Å². The van der Waals surface area contributed by atoms with E-state index >= 15 is 0 Å². The molecule has 4 rings (SSSR count). The predicted octanol–water partition coefficient (Wildman–Crippen LogP) is 4.00. The first-order valence-corrected chi connectivity index (χ1v) is 9.03. The van der Waals surface area contributed by atoms with Gasteiger partial charge in [-0.2, -0.15) is 0 Å². The molecule has 0 amide bonds. The number of allylic oxidation sites excluding steroid dienone is 4. The van der Waals surface area contributed by atoms with E-state index in [4.69, 9.17) is 0 Å². The van der Waals surface area contributed by atoms with Crippen molar-refractivity contribution in [3.8, 4) is 0 Å². The van der Waals surface area contributed by atoms with Crippen molar-refractivity contribution in [2.24, 2.45) is 34.5 Å². The molecule has 0 spiro atoms. The number of carbonyl (C=O) groups is 2. The number of ketones is 1. The molecule has 3 fully saturated rings. The summed E-state index contributed by atoms with van der Waals surface area (Å²) >= 11 is 0. The SMILES string of the molecule is C[C@]12CC[C@H]3[C@@H](CCC4=CC(=O)C=C[C@@]43C)[C@@H]1CC[C@H]2C(=O)O. The highest BCUT2D eigenvalue weighted by atomic mass is 16.4. The lowest BCUT2D eigenvalue weighted by Crippen LogP contribution is -2.50. The van der Waals surface area contributed by atoms with Crippen LogP contribution in [0.3, 0.4) is 0 Å². The third kappa shape index (κ3) is 1.95. The average molecular weight is 314 g/mol. The fourth-order valence-corrected chi connectivity index (χ4v) is 6.60. The highest BCUT2D eigenvalue weighted by Gasteiger charge is 2.59. The third-order valence-corrected chi connectivity index (χ3v) is 7.85. The van der Waals surface area contributed by atoms with Gasteiger partial charge in [-0.05, 0) is 73.8 Å². The topological polar surface area (TPSA) is 54.4 Å². The van der Waals surface area contributed by atoms with Crippen LogP contribution in [0.4, 0.5) is 0 Å². The van der Waals surface area contributed by atoms with Crippen LogP contribution in [0.2, 0.25) is 0 Å². The van der Waals surface area contributed by atoms with Crippen molar-refractivity contribution < 1.29 is 14.7 Å². The highest BCUT2D eigenvalue weighted by molar-refractivity contribution is 6.01. The lowest BCUT2D eigenvalue weighted by molar-refractivity contribution is -0.148. The largest absolute Gasteiger partial charge is 0.481 e. The molecule has 0 aromatic carbocycles. The first-order valence-electron chi connectivity index (χ1n) is 9.03. The predicted molar refractivity (Wildman–Crippen MR) is 87.7 cm³/mol. The molecule has 0 bridgehead atoms. The fraction of sp³-hybridized carbons (Fsp3) is 0.700. The molecule has 0 heterocycles. The maximum Gasteiger partial charge on any atom is 0.307 e. The van der Waals surface area contributed by atoms with Gasteiger partial charge in [-0.25, -0.2) is 0 Å². The molecule has 0 aromatic rings. The van der Waals surface area contributed by atoms with E-state index in [-0.39, 0.29) is 22.5 Å².